The van der Waals surface area contributed by atoms with Crippen LogP contribution in [0.25, 0.3) is 0 Å². The van der Waals surface area contributed by atoms with Gasteiger partial charge in [-0.2, -0.15) is 0 Å². The largest absolute Gasteiger partial charge is 0.382 e. The van der Waals surface area contributed by atoms with Crippen LogP contribution in [0.2, 0.25) is 0 Å². The Morgan fingerprint density at radius 3 is 2.89 bits per heavy atom. The van der Waals surface area contributed by atoms with Gasteiger partial charge in [0.2, 0.25) is 0 Å². The maximum Gasteiger partial charge on any atom is 0.274 e. The number of aromatic nitrogens is 2. The second-order valence-corrected chi connectivity index (χ2v) is 4.90. The molecule has 2 heterocycles. The van der Waals surface area contributed by atoms with Gasteiger partial charge in [0.25, 0.3) is 5.91 Å². The van der Waals surface area contributed by atoms with Gasteiger partial charge in [-0.1, -0.05) is 0 Å². The molecule has 18 heavy (non-hydrogen) atoms. The molecule has 0 radical (unpaired) electrons. The van der Waals surface area contributed by atoms with E-state index in [-0.39, 0.29) is 11.9 Å². The van der Waals surface area contributed by atoms with Crippen LogP contribution in [-0.4, -0.2) is 59.1 Å². The molecule has 2 rings (SSSR count). The molecule has 0 saturated carbocycles. The molecule has 1 unspecified atom stereocenters. The van der Waals surface area contributed by atoms with Crippen LogP contribution in [0.5, 0.6) is 0 Å². The molecule has 2 N–H and O–H groups in total. The minimum absolute atomic E-state index is 0.0492. The zero-order valence-corrected chi connectivity index (χ0v) is 10.8. The van der Waals surface area contributed by atoms with Crippen molar-refractivity contribution in [3.8, 4) is 0 Å². The van der Waals surface area contributed by atoms with Crippen molar-refractivity contribution in [2.75, 3.05) is 32.9 Å². The third kappa shape index (κ3) is 2.76. The first-order chi connectivity index (χ1) is 8.58. The highest BCUT2D eigenvalue weighted by Crippen LogP contribution is 2.19. The second-order valence-electron chi connectivity index (χ2n) is 4.90. The number of rotatable bonds is 3. The van der Waals surface area contributed by atoms with Crippen LogP contribution in [0, 0.1) is 0 Å². The molecular weight excluding hydrogens is 230 g/mol. The fourth-order valence-corrected chi connectivity index (χ4v) is 2.32. The molecule has 1 amide bonds. The SMILES string of the molecule is CN(C)CC1CCCN1C(=O)c1ccc(N)nn1. The summed E-state index contributed by atoms with van der Waals surface area (Å²) < 4.78 is 0. The Morgan fingerprint density at radius 2 is 2.28 bits per heavy atom. The minimum Gasteiger partial charge on any atom is -0.382 e. The van der Waals surface area contributed by atoms with Crippen molar-refractivity contribution >= 4 is 11.7 Å². The first-order valence-corrected chi connectivity index (χ1v) is 6.13. The summed E-state index contributed by atoms with van der Waals surface area (Å²) in [5.41, 5.74) is 5.84. The van der Waals surface area contributed by atoms with E-state index in [1.807, 2.05) is 19.0 Å². The van der Waals surface area contributed by atoms with Crippen LogP contribution in [0.1, 0.15) is 23.3 Å². The lowest BCUT2D eigenvalue weighted by Crippen LogP contribution is -2.41. The van der Waals surface area contributed by atoms with Crippen molar-refractivity contribution < 1.29 is 4.79 Å². The Hall–Kier alpha value is -1.69. The fourth-order valence-electron chi connectivity index (χ4n) is 2.32. The third-order valence-corrected chi connectivity index (χ3v) is 3.12. The Kier molecular flexibility index (Phi) is 3.76. The molecule has 1 aliphatic heterocycles. The van der Waals surface area contributed by atoms with Gasteiger partial charge in [-0.15, -0.1) is 10.2 Å². The molecule has 1 aromatic heterocycles. The van der Waals surface area contributed by atoms with Gasteiger partial charge < -0.3 is 15.5 Å². The number of amides is 1. The highest BCUT2D eigenvalue weighted by Gasteiger charge is 2.30. The lowest BCUT2D eigenvalue weighted by atomic mass is 10.2. The summed E-state index contributed by atoms with van der Waals surface area (Å²) in [6, 6.07) is 3.51. The average Bonchev–Trinajstić information content (AvgIpc) is 2.76. The van der Waals surface area contributed by atoms with E-state index < -0.39 is 0 Å². The van der Waals surface area contributed by atoms with E-state index in [0.29, 0.717) is 11.5 Å². The maximum atomic E-state index is 12.3. The van der Waals surface area contributed by atoms with Crippen molar-refractivity contribution in [3.63, 3.8) is 0 Å². The molecule has 98 valence electrons. The predicted octanol–water partition coefficient (Wildman–Crippen LogP) is 0.225. The van der Waals surface area contributed by atoms with E-state index in [0.717, 1.165) is 25.9 Å². The molecule has 1 saturated heterocycles. The first-order valence-electron chi connectivity index (χ1n) is 6.13. The molecule has 1 aromatic rings. The number of likely N-dealkylation sites (N-methyl/N-ethyl adjacent to an activating group) is 1. The van der Waals surface area contributed by atoms with Crippen LogP contribution in [0.4, 0.5) is 5.82 Å². The van der Waals surface area contributed by atoms with Crippen molar-refractivity contribution in [1.29, 1.82) is 0 Å². The quantitative estimate of drug-likeness (QED) is 0.829. The molecule has 1 aliphatic rings. The van der Waals surface area contributed by atoms with Crippen LogP contribution in [0.15, 0.2) is 12.1 Å². The number of nitrogen functional groups attached to an aromatic ring is 1. The molecule has 1 fully saturated rings. The van der Waals surface area contributed by atoms with Gasteiger partial charge in [-0.3, -0.25) is 4.79 Å². The predicted molar refractivity (Wildman–Crippen MR) is 69.1 cm³/mol. The van der Waals surface area contributed by atoms with Crippen LogP contribution in [-0.2, 0) is 0 Å². The van der Waals surface area contributed by atoms with E-state index in [1.54, 1.807) is 12.1 Å². The van der Waals surface area contributed by atoms with E-state index in [2.05, 4.69) is 15.1 Å². The number of likely N-dealkylation sites (tertiary alicyclic amines) is 1. The van der Waals surface area contributed by atoms with Gasteiger partial charge in [0.15, 0.2) is 5.69 Å². The fraction of sp³-hybridized carbons (Fsp3) is 0.583. The number of nitrogens with two attached hydrogens (primary N) is 1. The summed E-state index contributed by atoms with van der Waals surface area (Å²) in [5, 5.41) is 7.58. The smallest absolute Gasteiger partial charge is 0.274 e. The molecule has 0 bridgehead atoms. The van der Waals surface area contributed by atoms with Gasteiger partial charge in [-0.25, -0.2) is 0 Å². The molecule has 0 aromatic carbocycles. The van der Waals surface area contributed by atoms with Crippen molar-refractivity contribution in [3.05, 3.63) is 17.8 Å². The molecule has 6 nitrogen and oxygen atoms in total. The molecule has 1 atom stereocenters. The van der Waals surface area contributed by atoms with Crippen LogP contribution < -0.4 is 5.73 Å². The molecule has 6 heteroatoms. The Bertz CT molecular complexity index is 417. The number of nitrogens with zero attached hydrogens (tertiary/aromatic N) is 4. The first kappa shape index (κ1) is 12.8. The summed E-state index contributed by atoms with van der Waals surface area (Å²) in [7, 11) is 4.04. The number of anilines is 1. The topological polar surface area (TPSA) is 75.3 Å². The van der Waals surface area contributed by atoms with Crippen molar-refractivity contribution in [1.82, 2.24) is 20.0 Å². The van der Waals surface area contributed by atoms with Gasteiger partial charge in [0.1, 0.15) is 5.82 Å². The molecule has 0 spiro atoms. The summed E-state index contributed by atoms with van der Waals surface area (Å²) in [4.78, 5) is 16.3. The molecular formula is C12H19N5O. The van der Waals surface area contributed by atoms with Gasteiger partial charge in [-0.05, 0) is 39.1 Å². The molecule has 0 aliphatic carbocycles. The van der Waals surface area contributed by atoms with E-state index >= 15 is 0 Å². The summed E-state index contributed by atoms with van der Waals surface area (Å²) in [6.07, 6.45) is 2.10. The second kappa shape index (κ2) is 5.30. The van der Waals surface area contributed by atoms with E-state index in [4.69, 9.17) is 5.73 Å². The zero-order chi connectivity index (χ0) is 13.1. The van der Waals surface area contributed by atoms with Crippen molar-refractivity contribution in [2.45, 2.75) is 18.9 Å². The standard InChI is InChI=1S/C12H19N5O/c1-16(2)8-9-4-3-7-17(9)12(18)10-5-6-11(13)15-14-10/h5-6,9H,3-4,7-8H2,1-2H3,(H2,13,15). The van der Waals surface area contributed by atoms with Gasteiger partial charge in [0, 0.05) is 19.1 Å². The van der Waals surface area contributed by atoms with Crippen LogP contribution in [0.3, 0.4) is 0 Å². The zero-order valence-electron chi connectivity index (χ0n) is 10.8. The number of carbonyl (C=O) groups is 1. The third-order valence-electron chi connectivity index (χ3n) is 3.12. The number of hydrogen-bond acceptors (Lipinski definition) is 5. The number of carbonyl (C=O) groups excluding carboxylic acids is 1. The lowest BCUT2D eigenvalue weighted by Gasteiger charge is -2.26. The normalized spacial score (nSPS) is 19.5. The maximum absolute atomic E-state index is 12.3. The Morgan fingerprint density at radius 1 is 1.50 bits per heavy atom. The van der Waals surface area contributed by atoms with Gasteiger partial charge in [0.05, 0.1) is 0 Å². The average molecular weight is 249 g/mol. The van der Waals surface area contributed by atoms with Gasteiger partial charge >= 0.3 is 0 Å². The van der Waals surface area contributed by atoms with Crippen LogP contribution >= 0.6 is 0 Å². The van der Waals surface area contributed by atoms with Crippen molar-refractivity contribution in [2.24, 2.45) is 0 Å². The van der Waals surface area contributed by atoms with E-state index in [9.17, 15) is 4.79 Å². The lowest BCUT2D eigenvalue weighted by molar-refractivity contribution is 0.0709. The van der Waals surface area contributed by atoms with E-state index in [1.165, 1.54) is 0 Å². The monoisotopic (exact) mass is 249 g/mol. The summed E-state index contributed by atoms with van der Waals surface area (Å²) >= 11 is 0. The summed E-state index contributed by atoms with van der Waals surface area (Å²) in [6.45, 7) is 1.68. The number of hydrogen-bond donors (Lipinski definition) is 1. The highest BCUT2D eigenvalue weighted by molar-refractivity contribution is 5.92. The highest BCUT2D eigenvalue weighted by atomic mass is 16.2. The Labute approximate surface area is 107 Å². The minimum atomic E-state index is -0.0492. The summed E-state index contributed by atoms with van der Waals surface area (Å²) in [5.74, 6) is 0.282. The Balaban J connectivity index is 2.10.